The molecule has 0 aliphatic rings. The van der Waals surface area contributed by atoms with E-state index in [-0.39, 0.29) is 40.7 Å². The number of benzene rings is 1. The van der Waals surface area contributed by atoms with Crippen molar-refractivity contribution in [3.8, 4) is 6.07 Å². The van der Waals surface area contributed by atoms with Crippen LogP contribution in [0.4, 0.5) is 15.8 Å². The van der Waals surface area contributed by atoms with Crippen molar-refractivity contribution in [2.45, 2.75) is 27.3 Å². The Balaban J connectivity index is 2.42. The number of anilines is 2. The van der Waals surface area contributed by atoms with Gasteiger partial charge in [0.2, 0.25) is 5.91 Å². The Kier molecular flexibility index (Phi) is 8.52. The monoisotopic (exact) mass is 445 g/mol. The molecule has 2 aromatic rings. The Morgan fingerprint density at radius 1 is 1.32 bits per heavy atom. The molecule has 1 heterocycles. The van der Waals surface area contributed by atoms with Crippen molar-refractivity contribution < 1.29 is 14.0 Å². The third-order valence-corrected chi connectivity index (χ3v) is 5.31. The van der Waals surface area contributed by atoms with Crippen LogP contribution < -0.4 is 30.7 Å². The zero-order valence-corrected chi connectivity index (χ0v) is 18.3. The Morgan fingerprint density at radius 3 is 2.65 bits per heavy atom. The summed E-state index contributed by atoms with van der Waals surface area (Å²) in [5, 5.41) is 17.5. The lowest BCUT2D eigenvalue weighted by Gasteiger charge is -2.09. The van der Waals surface area contributed by atoms with Crippen LogP contribution in [0.1, 0.15) is 20.8 Å². The van der Waals surface area contributed by atoms with Gasteiger partial charge in [-0.3, -0.25) is 19.0 Å². The third-order valence-electron chi connectivity index (χ3n) is 4.18. The normalized spacial score (nSPS) is 12.3. The molecular formula is C21H24FN5O3S. The summed E-state index contributed by atoms with van der Waals surface area (Å²) in [5.41, 5.74) is 0.657. The van der Waals surface area contributed by atoms with Crippen LogP contribution in [0.3, 0.4) is 0 Å². The number of hydrogen-bond acceptors (Lipinski definition) is 6. The molecule has 0 unspecified atom stereocenters. The molecule has 0 fully saturated rings. The van der Waals surface area contributed by atoms with E-state index in [9.17, 15) is 24.0 Å². The van der Waals surface area contributed by atoms with Crippen LogP contribution in [0.25, 0.3) is 11.8 Å². The summed E-state index contributed by atoms with van der Waals surface area (Å²) in [6, 6.07) is 8.81. The predicted molar refractivity (Wildman–Crippen MR) is 120 cm³/mol. The molecule has 0 aliphatic heterocycles. The van der Waals surface area contributed by atoms with Crippen molar-refractivity contribution in [3.63, 3.8) is 0 Å². The third kappa shape index (κ3) is 6.02. The second kappa shape index (κ2) is 11.1. The quantitative estimate of drug-likeness (QED) is 0.563. The molecule has 0 atom stereocenters. The number of alkyl halides is 1. The van der Waals surface area contributed by atoms with Crippen molar-refractivity contribution in [1.82, 2.24) is 9.88 Å². The average Bonchev–Trinajstić information content (AvgIpc) is 3.06. The van der Waals surface area contributed by atoms with Gasteiger partial charge in [0.25, 0.3) is 11.5 Å². The summed E-state index contributed by atoms with van der Waals surface area (Å²) in [5.74, 6) is -0.995. The molecule has 0 saturated heterocycles. The fourth-order valence-corrected chi connectivity index (χ4v) is 3.65. The van der Waals surface area contributed by atoms with Crippen LogP contribution in [0.2, 0.25) is 0 Å². The Labute approximate surface area is 182 Å². The minimum absolute atomic E-state index is 0.111. The van der Waals surface area contributed by atoms with E-state index < -0.39 is 12.6 Å². The number of amides is 2. The number of carbonyl (C=O) groups excluding carboxylic acids is 2. The predicted octanol–water partition coefficient (Wildman–Crippen LogP) is 1.13. The van der Waals surface area contributed by atoms with E-state index in [2.05, 4.69) is 16.0 Å². The summed E-state index contributed by atoms with van der Waals surface area (Å²) in [4.78, 5) is 36.8. The molecule has 0 spiro atoms. The number of hydrogen-bond donors (Lipinski definition) is 3. The second-order valence-corrected chi connectivity index (χ2v) is 7.80. The van der Waals surface area contributed by atoms with Gasteiger partial charge in [-0.25, -0.2) is 4.39 Å². The first kappa shape index (κ1) is 23.8. The number of nitrogens with zero attached hydrogens (tertiary/aromatic N) is 2. The highest BCUT2D eigenvalue weighted by molar-refractivity contribution is 7.07. The van der Waals surface area contributed by atoms with E-state index in [1.54, 1.807) is 45.0 Å². The number of nitriles is 1. The molecule has 2 rings (SSSR count). The fraction of sp³-hybridized carbons (Fsp3) is 0.333. The number of halogens is 1. The van der Waals surface area contributed by atoms with Gasteiger partial charge in [0.1, 0.15) is 21.9 Å². The molecule has 10 heteroatoms. The van der Waals surface area contributed by atoms with E-state index in [0.717, 1.165) is 11.3 Å². The number of nitrogens with one attached hydrogen (secondary N) is 3. The van der Waals surface area contributed by atoms with Gasteiger partial charge in [-0.05, 0) is 25.1 Å². The minimum Gasteiger partial charge on any atom is -0.360 e. The summed E-state index contributed by atoms with van der Waals surface area (Å²) in [6.07, 6.45) is 1.49. The lowest BCUT2D eigenvalue weighted by Crippen LogP contribution is -2.35. The number of rotatable bonds is 8. The molecule has 1 aromatic heterocycles. The molecule has 8 nitrogen and oxygen atoms in total. The molecule has 1 aromatic carbocycles. The average molecular weight is 446 g/mol. The molecule has 31 heavy (non-hydrogen) atoms. The van der Waals surface area contributed by atoms with Gasteiger partial charge in [0.15, 0.2) is 5.57 Å². The molecule has 0 saturated carbocycles. The molecule has 3 N–H and O–H groups in total. The van der Waals surface area contributed by atoms with Crippen LogP contribution in [-0.4, -0.2) is 29.6 Å². The number of thiazole rings is 1. The standard InChI is InChI=1S/C21H24FN5O3S/c1-4-27-20(30)17(31-21(27)16(11-23)19(29)24-9-8-22)12-25-14-6-5-7-15(10-14)26-18(28)13(2)3/h5-7,10,12-13,25H,4,8-9H2,1-3H3,(H,24,29)(H,26,28). The molecule has 2 amide bonds. The fourth-order valence-electron chi connectivity index (χ4n) is 2.56. The number of aromatic nitrogens is 1. The maximum Gasteiger partial charge on any atom is 0.270 e. The Hall–Kier alpha value is -3.45. The summed E-state index contributed by atoms with van der Waals surface area (Å²) >= 11 is 0.992. The summed E-state index contributed by atoms with van der Waals surface area (Å²) < 4.78 is 14.2. The molecular weight excluding hydrogens is 421 g/mol. The molecule has 0 radical (unpaired) electrons. The highest BCUT2D eigenvalue weighted by Gasteiger charge is 2.15. The summed E-state index contributed by atoms with van der Waals surface area (Å²) in [6.45, 7) is 4.61. The van der Waals surface area contributed by atoms with Gasteiger partial charge in [0.05, 0.1) is 0 Å². The van der Waals surface area contributed by atoms with Gasteiger partial charge in [-0.1, -0.05) is 19.9 Å². The topological polar surface area (TPSA) is 116 Å². The SMILES string of the molecule is CCn1c(=C(C#N)C(=O)NCCF)sc(=CNc2cccc(NC(=O)C(C)C)c2)c1=O. The molecule has 0 bridgehead atoms. The lowest BCUT2D eigenvalue weighted by molar-refractivity contribution is -0.119. The van der Waals surface area contributed by atoms with Gasteiger partial charge in [0, 0.05) is 36.6 Å². The maximum atomic E-state index is 12.7. The second-order valence-electron chi connectivity index (χ2n) is 6.77. The van der Waals surface area contributed by atoms with Crippen molar-refractivity contribution in [2.24, 2.45) is 5.92 Å². The van der Waals surface area contributed by atoms with Gasteiger partial charge >= 0.3 is 0 Å². The lowest BCUT2D eigenvalue weighted by atomic mass is 10.2. The van der Waals surface area contributed by atoms with Crippen molar-refractivity contribution in [2.75, 3.05) is 23.9 Å². The van der Waals surface area contributed by atoms with Crippen LogP contribution in [0.15, 0.2) is 29.1 Å². The van der Waals surface area contributed by atoms with Crippen LogP contribution in [0.5, 0.6) is 0 Å². The highest BCUT2D eigenvalue weighted by atomic mass is 32.1. The zero-order chi connectivity index (χ0) is 23.0. The van der Waals surface area contributed by atoms with Crippen LogP contribution in [-0.2, 0) is 16.1 Å². The van der Waals surface area contributed by atoms with E-state index in [1.807, 2.05) is 6.07 Å². The first-order valence-corrected chi connectivity index (χ1v) is 10.5. The van der Waals surface area contributed by atoms with Crippen molar-refractivity contribution >= 4 is 46.3 Å². The maximum absolute atomic E-state index is 12.7. The van der Waals surface area contributed by atoms with Crippen LogP contribution >= 0.6 is 11.3 Å². The van der Waals surface area contributed by atoms with E-state index in [1.165, 1.54) is 10.8 Å². The summed E-state index contributed by atoms with van der Waals surface area (Å²) in [7, 11) is 0. The highest BCUT2D eigenvalue weighted by Crippen LogP contribution is 2.15. The first-order chi connectivity index (χ1) is 14.8. The van der Waals surface area contributed by atoms with Crippen LogP contribution in [0, 0.1) is 17.2 Å². The van der Waals surface area contributed by atoms with E-state index in [4.69, 9.17) is 0 Å². The minimum atomic E-state index is -0.755. The Bertz CT molecular complexity index is 1180. The zero-order valence-electron chi connectivity index (χ0n) is 17.5. The smallest absolute Gasteiger partial charge is 0.270 e. The van der Waals surface area contributed by atoms with E-state index >= 15 is 0 Å². The van der Waals surface area contributed by atoms with Gasteiger partial charge in [-0.15, -0.1) is 11.3 Å². The first-order valence-electron chi connectivity index (χ1n) is 9.68. The van der Waals surface area contributed by atoms with Gasteiger partial charge in [-0.2, -0.15) is 5.26 Å². The van der Waals surface area contributed by atoms with E-state index in [0.29, 0.717) is 15.9 Å². The number of carbonyl (C=O) groups is 2. The largest absolute Gasteiger partial charge is 0.360 e. The van der Waals surface area contributed by atoms with Crippen molar-refractivity contribution in [1.29, 1.82) is 5.26 Å². The molecule has 0 aliphatic carbocycles. The van der Waals surface area contributed by atoms with Crippen molar-refractivity contribution in [3.05, 3.63) is 43.8 Å². The van der Waals surface area contributed by atoms with Gasteiger partial charge < -0.3 is 16.0 Å². The molecule has 164 valence electrons. The Morgan fingerprint density at radius 2 is 2.03 bits per heavy atom.